The van der Waals surface area contributed by atoms with Crippen LogP contribution in [0.15, 0.2) is 77.2 Å². The third kappa shape index (κ3) is 3.86. The number of pyridine rings is 2. The van der Waals surface area contributed by atoms with Gasteiger partial charge in [-0.25, -0.2) is 9.37 Å². The van der Waals surface area contributed by atoms with Crippen LogP contribution in [0.25, 0.3) is 16.8 Å². The summed E-state index contributed by atoms with van der Waals surface area (Å²) in [6.07, 6.45) is 8.21. The highest BCUT2D eigenvalue weighted by Crippen LogP contribution is 2.20. The van der Waals surface area contributed by atoms with Crippen LogP contribution in [0, 0.1) is 17.1 Å². The Morgan fingerprint density at radius 3 is 2.77 bits per heavy atom. The Morgan fingerprint density at radius 2 is 2.03 bits per heavy atom. The molecule has 0 amide bonds. The number of aromatic nitrogens is 3. The standard InChI is InChI=1S/C21H15FN6O2S/c1-27(31(29,30)19-5-6-20(22)17(9-19)10-23)26-13-18-12-25-21-7-4-16(14-28(18)21)15-3-2-8-24-11-15/h2-9,11-14H,1H3. The molecular formula is C21H15FN6O2S. The van der Waals surface area contributed by atoms with E-state index in [1.54, 1.807) is 29.1 Å². The minimum atomic E-state index is -4.07. The largest absolute Gasteiger partial charge is 0.298 e. The van der Waals surface area contributed by atoms with E-state index in [9.17, 15) is 12.8 Å². The quantitative estimate of drug-likeness (QED) is 0.355. The first kappa shape index (κ1) is 20.2. The van der Waals surface area contributed by atoms with Gasteiger partial charge in [0.2, 0.25) is 0 Å². The first-order chi connectivity index (χ1) is 14.9. The summed E-state index contributed by atoms with van der Waals surface area (Å²) < 4.78 is 41.5. The number of fused-ring (bicyclic) bond motifs is 1. The van der Waals surface area contributed by atoms with Crippen LogP contribution >= 0.6 is 0 Å². The van der Waals surface area contributed by atoms with E-state index in [0.717, 1.165) is 33.7 Å². The molecule has 154 valence electrons. The summed E-state index contributed by atoms with van der Waals surface area (Å²) in [6.45, 7) is 0. The number of halogens is 1. The molecule has 0 radical (unpaired) electrons. The molecular weight excluding hydrogens is 419 g/mol. The van der Waals surface area contributed by atoms with Gasteiger partial charge in [-0.3, -0.25) is 9.38 Å². The molecule has 0 N–H and O–H groups in total. The van der Waals surface area contributed by atoms with Gasteiger partial charge in [0.15, 0.2) is 0 Å². The number of nitrogens with zero attached hydrogens (tertiary/aromatic N) is 6. The number of hydrogen-bond donors (Lipinski definition) is 0. The molecule has 3 heterocycles. The third-order valence-electron chi connectivity index (χ3n) is 4.59. The van der Waals surface area contributed by atoms with E-state index in [4.69, 9.17) is 5.26 Å². The summed E-state index contributed by atoms with van der Waals surface area (Å²) >= 11 is 0. The Morgan fingerprint density at radius 1 is 1.19 bits per heavy atom. The molecule has 10 heteroatoms. The Kier molecular flexibility index (Phi) is 5.19. The summed E-state index contributed by atoms with van der Waals surface area (Å²) in [5, 5.41) is 13.0. The molecule has 4 aromatic rings. The maximum absolute atomic E-state index is 13.5. The molecule has 0 aliphatic heterocycles. The molecule has 0 atom stereocenters. The van der Waals surface area contributed by atoms with Crippen molar-refractivity contribution < 1.29 is 12.8 Å². The van der Waals surface area contributed by atoms with Gasteiger partial charge in [0.1, 0.15) is 17.5 Å². The minimum Gasteiger partial charge on any atom is -0.298 e. The van der Waals surface area contributed by atoms with Crippen molar-refractivity contribution in [2.45, 2.75) is 4.90 Å². The molecule has 1 aromatic carbocycles. The lowest BCUT2D eigenvalue weighted by molar-refractivity contribution is 0.490. The van der Waals surface area contributed by atoms with E-state index in [2.05, 4.69) is 15.1 Å². The lowest BCUT2D eigenvalue weighted by Crippen LogP contribution is -2.22. The number of nitriles is 1. The molecule has 0 saturated heterocycles. The van der Waals surface area contributed by atoms with Crippen molar-refractivity contribution in [2.75, 3.05) is 7.05 Å². The van der Waals surface area contributed by atoms with Crippen molar-refractivity contribution in [1.29, 1.82) is 5.26 Å². The van der Waals surface area contributed by atoms with Crippen LogP contribution in [-0.4, -0.2) is 40.5 Å². The Balaban J connectivity index is 1.65. The first-order valence-electron chi connectivity index (χ1n) is 9.00. The molecule has 4 rings (SSSR count). The predicted octanol–water partition coefficient (Wildman–Crippen LogP) is 3.06. The number of rotatable bonds is 5. The van der Waals surface area contributed by atoms with Gasteiger partial charge in [-0.1, -0.05) is 6.07 Å². The lowest BCUT2D eigenvalue weighted by atomic mass is 10.1. The Hall–Kier alpha value is -4.10. The second-order valence-electron chi connectivity index (χ2n) is 6.51. The molecule has 8 nitrogen and oxygen atoms in total. The Labute approximate surface area is 177 Å². The number of benzene rings is 1. The van der Waals surface area contributed by atoms with Gasteiger partial charge in [0.05, 0.1) is 28.6 Å². The first-order valence-corrected chi connectivity index (χ1v) is 10.4. The smallest absolute Gasteiger partial charge is 0.278 e. The maximum Gasteiger partial charge on any atom is 0.278 e. The van der Waals surface area contributed by atoms with Gasteiger partial charge in [0.25, 0.3) is 10.0 Å². The highest BCUT2D eigenvalue weighted by Gasteiger charge is 2.21. The van der Waals surface area contributed by atoms with Crippen molar-refractivity contribution in [3.63, 3.8) is 0 Å². The van der Waals surface area contributed by atoms with Crippen molar-refractivity contribution in [2.24, 2.45) is 5.10 Å². The van der Waals surface area contributed by atoms with E-state index >= 15 is 0 Å². The fraction of sp³-hybridized carbons (Fsp3) is 0.0476. The van der Waals surface area contributed by atoms with Gasteiger partial charge in [-0.05, 0) is 36.4 Å². The molecule has 0 fully saturated rings. The molecule has 0 aliphatic rings. The second-order valence-corrected chi connectivity index (χ2v) is 8.46. The predicted molar refractivity (Wildman–Crippen MR) is 112 cm³/mol. The van der Waals surface area contributed by atoms with Crippen LogP contribution in [-0.2, 0) is 10.0 Å². The number of hydrazone groups is 1. The highest BCUT2D eigenvalue weighted by molar-refractivity contribution is 7.89. The van der Waals surface area contributed by atoms with Crippen LogP contribution in [0.5, 0.6) is 0 Å². The van der Waals surface area contributed by atoms with E-state index in [-0.39, 0.29) is 10.5 Å². The van der Waals surface area contributed by atoms with Gasteiger partial charge in [-0.15, -0.1) is 0 Å². The monoisotopic (exact) mass is 434 g/mol. The second kappa shape index (κ2) is 7.97. The van der Waals surface area contributed by atoms with E-state index in [1.165, 1.54) is 13.3 Å². The van der Waals surface area contributed by atoms with Crippen LogP contribution < -0.4 is 0 Å². The van der Waals surface area contributed by atoms with Crippen molar-refractivity contribution >= 4 is 21.9 Å². The fourth-order valence-corrected chi connectivity index (χ4v) is 3.89. The maximum atomic E-state index is 13.5. The number of sulfonamides is 1. The SMILES string of the molecule is CN(N=Cc1cnc2ccc(-c3cccnc3)cn12)S(=O)(=O)c1ccc(F)c(C#N)c1. The average Bonchev–Trinajstić information content (AvgIpc) is 3.20. The van der Waals surface area contributed by atoms with E-state index in [1.807, 2.05) is 30.5 Å². The molecule has 0 saturated carbocycles. The molecule has 0 bridgehead atoms. The van der Waals surface area contributed by atoms with Gasteiger partial charge in [0, 0.05) is 36.8 Å². The van der Waals surface area contributed by atoms with Crippen LogP contribution in [0.1, 0.15) is 11.3 Å². The summed E-state index contributed by atoms with van der Waals surface area (Å²) in [5.74, 6) is -0.789. The van der Waals surface area contributed by atoms with Crippen molar-refractivity contribution in [1.82, 2.24) is 18.8 Å². The van der Waals surface area contributed by atoms with Crippen LogP contribution in [0.2, 0.25) is 0 Å². The zero-order chi connectivity index (χ0) is 22.0. The summed E-state index contributed by atoms with van der Waals surface area (Å²) in [4.78, 5) is 8.18. The van der Waals surface area contributed by atoms with Crippen molar-refractivity contribution in [3.8, 4) is 17.2 Å². The average molecular weight is 434 g/mol. The molecule has 0 spiro atoms. The van der Waals surface area contributed by atoms with E-state index in [0.29, 0.717) is 11.3 Å². The molecule has 31 heavy (non-hydrogen) atoms. The topological polar surface area (TPSA) is 104 Å². The Bertz CT molecular complexity index is 1440. The minimum absolute atomic E-state index is 0.234. The normalized spacial score (nSPS) is 11.6. The number of hydrogen-bond acceptors (Lipinski definition) is 6. The molecule has 0 aliphatic carbocycles. The summed E-state index contributed by atoms with van der Waals surface area (Å²) in [7, 11) is -2.81. The molecule has 0 unspecified atom stereocenters. The van der Waals surface area contributed by atoms with Gasteiger partial charge >= 0.3 is 0 Å². The van der Waals surface area contributed by atoms with Crippen LogP contribution in [0.4, 0.5) is 4.39 Å². The fourth-order valence-electron chi connectivity index (χ4n) is 2.90. The highest BCUT2D eigenvalue weighted by atomic mass is 32.2. The zero-order valence-corrected chi connectivity index (χ0v) is 17.0. The van der Waals surface area contributed by atoms with Crippen molar-refractivity contribution in [3.05, 3.63) is 84.3 Å². The zero-order valence-electron chi connectivity index (χ0n) is 16.2. The third-order valence-corrected chi connectivity index (χ3v) is 6.23. The van der Waals surface area contributed by atoms with E-state index < -0.39 is 15.8 Å². The lowest BCUT2D eigenvalue weighted by Gasteiger charge is -2.13. The van der Waals surface area contributed by atoms with Gasteiger partial charge < -0.3 is 0 Å². The summed E-state index contributed by atoms with van der Waals surface area (Å²) in [6, 6.07) is 12.1. The van der Waals surface area contributed by atoms with Crippen LogP contribution in [0.3, 0.4) is 0 Å². The van der Waals surface area contributed by atoms with Gasteiger partial charge in [-0.2, -0.15) is 23.2 Å². The molecule has 3 aromatic heterocycles. The summed E-state index contributed by atoms with van der Waals surface area (Å²) in [5.41, 5.74) is 2.69. The number of imidazole rings is 1.